The largest absolute Gasteiger partial charge is 0.481 e. The third kappa shape index (κ3) is 9.72. The molecule has 0 aliphatic rings. The summed E-state index contributed by atoms with van der Waals surface area (Å²) in [7, 11) is 0. The van der Waals surface area contributed by atoms with Gasteiger partial charge in [-0.15, -0.1) is 0 Å². The normalized spacial score (nSPS) is 10.5. The summed E-state index contributed by atoms with van der Waals surface area (Å²) < 4.78 is 0. The summed E-state index contributed by atoms with van der Waals surface area (Å²) in [5.74, 6) is -0.693. The summed E-state index contributed by atoms with van der Waals surface area (Å²) in [5.41, 5.74) is 1.88. The molecule has 1 aromatic carbocycles. The maximum atomic E-state index is 11.9. The molecular formula is C19H29NO3. The van der Waals surface area contributed by atoms with Crippen LogP contribution in [0.3, 0.4) is 0 Å². The molecule has 0 heterocycles. The highest BCUT2D eigenvalue weighted by atomic mass is 16.4. The minimum atomic E-state index is -0.697. The van der Waals surface area contributed by atoms with Crippen LogP contribution in [0.15, 0.2) is 24.3 Å². The van der Waals surface area contributed by atoms with Crippen molar-refractivity contribution in [3.63, 3.8) is 0 Å². The molecule has 0 aromatic heterocycles. The highest BCUT2D eigenvalue weighted by Gasteiger charge is 2.03. The molecule has 128 valence electrons. The number of unbranched alkanes of at least 4 members (excludes halogenated alkanes) is 7. The third-order valence-electron chi connectivity index (χ3n) is 3.92. The van der Waals surface area contributed by atoms with Crippen molar-refractivity contribution in [3.8, 4) is 0 Å². The molecule has 0 saturated heterocycles. The van der Waals surface area contributed by atoms with Gasteiger partial charge in [-0.3, -0.25) is 9.59 Å². The number of benzene rings is 1. The van der Waals surface area contributed by atoms with Gasteiger partial charge in [-0.05, 0) is 31.9 Å². The Morgan fingerprint density at radius 2 is 1.39 bits per heavy atom. The monoisotopic (exact) mass is 319 g/mol. The lowest BCUT2D eigenvalue weighted by atomic mass is 10.1. The molecule has 1 amide bonds. The van der Waals surface area contributed by atoms with Gasteiger partial charge in [-0.2, -0.15) is 0 Å². The summed E-state index contributed by atoms with van der Waals surface area (Å²) in [6.45, 7) is 2.74. The van der Waals surface area contributed by atoms with E-state index in [0.717, 1.165) is 49.8 Å². The van der Waals surface area contributed by atoms with E-state index < -0.39 is 5.97 Å². The number of rotatable bonds is 12. The number of aliphatic carboxylic acids is 1. The van der Waals surface area contributed by atoms with E-state index in [2.05, 4.69) is 5.32 Å². The summed E-state index contributed by atoms with van der Waals surface area (Å²) in [5, 5.41) is 11.5. The molecule has 0 aliphatic carbocycles. The van der Waals surface area contributed by atoms with Crippen LogP contribution in [0.1, 0.15) is 73.7 Å². The van der Waals surface area contributed by atoms with Crippen molar-refractivity contribution in [2.75, 3.05) is 6.54 Å². The highest BCUT2D eigenvalue weighted by Crippen LogP contribution is 2.09. The minimum Gasteiger partial charge on any atom is -0.481 e. The lowest BCUT2D eigenvalue weighted by Crippen LogP contribution is -2.24. The first-order valence-corrected chi connectivity index (χ1v) is 8.66. The van der Waals surface area contributed by atoms with E-state index in [9.17, 15) is 9.59 Å². The van der Waals surface area contributed by atoms with Gasteiger partial charge in [0.05, 0.1) is 0 Å². The quantitative estimate of drug-likeness (QED) is 0.564. The molecular weight excluding hydrogens is 290 g/mol. The average molecular weight is 319 g/mol. The van der Waals surface area contributed by atoms with Gasteiger partial charge in [0.2, 0.25) is 0 Å². The number of hydrogen-bond donors (Lipinski definition) is 2. The molecule has 4 nitrogen and oxygen atoms in total. The Morgan fingerprint density at radius 3 is 1.96 bits per heavy atom. The SMILES string of the molecule is Cc1ccc(C(=O)NCCCCCCCCCCC(=O)O)cc1. The summed E-state index contributed by atoms with van der Waals surface area (Å²) in [4.78, 5) is 22.2. The second-order valence-corrected chi connectivity index (χ2v) is 6.09. The van der Waals surface area contributed by atoms with E-state index >= 15 is 0 Å². The van der Waals surface area contributed by atoms with Gasteiger partial charge in [0.15, 0.2) is 0 Å². The Labute approximate surface area is 139 Å². The lowest BCUT2D eigenvalue weighted by Gasteiger charge is -2.06. The fourth-order valence-electron chi connectivity index (χ4n) is 2.47. The van der Waals surface area contributed by atoms with Gasteiger partial charge in [0, 0.05) is 18.5 Å². The molecule has 2 N–H and O–H groups in total. The summed E-state index contributed by atoms with van der Waals surface area (Å²) >= 11 is 0. The topological polar surface area (TPSA) is 66.4 Å². The predicted molar refractivity (Wildman–Crippen MR) is 92.7 cm³/mol. The van der Waals surface area contributed by atoms with Gasteiger partial charge in [0.1, 0.15) is 0 Å². The molecule has 0 bridgehead atoms. The van der Waals surface area contributed by atoms with Crippen LogP contribution in [0.4, 0.5) is 0 Å². The van der Waals surface area contributed by atoms with Gasteiger partial charge in [-0.25, -0.2) is 0 Å². The van der Waals surface area contributed by atoms with Crippen molar-refractivity contribution in [2.45, 2.75) is 64.7 Å². The second kappa shape index (κ2) is 11.7. The smallest absolute Gasteiger partial charge is 0.303 e. The Balaban J connectivity index is 1.92. The Morgan fingerprint density at radius 1 is 0.870 bits per heavy atom. The van der Waals surface area contributed by atoms with Crippen molar-refractivity contribution >= 4 is 11.9 Å². The third-order valence-corrected chi connectivity index (χ3v) is 3.92. The maximum Gasteiger partial charge on any atom is 0.303 e. The number of hydrogen-bond acceptors (Lipinski definition) is 2. The lowest BCUT2D eigenvalue weighted by molar-refractivity contribution is -0.137. The fourth-order valence-corrected chi connectivity index (χ4v) is 2.47. The van der Waals surface area contributed by atoms with Crippen LogP contribution in [-0.2, 0) is 4.79 Å². The number of carboxylic acids is 1. The van der Waals surface area contributed by atoms with Crippen molar-refractivity contribution < 1.29 is 14.7 Å². The molecule has 23 heavy (non-hydrogen) atoms. The molecule has 4 heteroatoms. The molecule has 0 fully saturated rings. The van der Waals surface area contributed by atoms with Gasteiger partial charge >= 0.3 is 5.97 Å². The molecule has 0 unspecified atom stereocenters. The standard InChI is InChI=1S/C19H29NO3/c1-16-11-13-17(14-12-16)19(23)20-15-9-7-5-3-2-4-6-8-10-18(21)22/h11-14H,2-10,15H2,1H3,(H,20,23)(H,21,22). The van der Waals surface area contributed by atoms with E-state index in [0.29, 0.717) is 6.42 Å². The number of aryl methyl sites for hydroxylation is 1. The first-order chi connectivity index (χ1) is 11.1. The first kappa shape index (κ1) is 19.2. The van der Waals surface area contributed by atoms with Crippen LogP contribution in [0.2, 0.25) is 0 Å². The number of carboxylic acid groups (broad SMARTS) is 1. The molecule has 0 atom stereocenters. The van der Waals surface area contributed by atoms with E-state index in [1.807, 2.05) is 31.2 Å². The number of carbonyl (C=O) groups is 2. The number of carbonyl (C=O) groups excluding carboxylic acids is 1. The second-order valence-electron chi connectivity index (χ2n) is 6.09. The molecule has 1 aromatic rings. The predicted octanol–water partition coefficient (Wildman–Crippen LogP) is 4.32. The van der Waals surface area contributed by atoms with Crippen LogP contribution in [0, 0.1) is 6.92 Å². The average Bonchev–Trinajstić information content (AvgIpc) is 2.52. The summed E-state index contributed by atoms with van der Waals surface area (Å²) in [6.07, 6.45) is 8.91. The Kier molecular flexibility index (Phi) is 9.76. The zero-order valence-electron chi connectivity index (χ0n) is 14.1. The van der Waals surface area contributed by atoms with Crippen LogP contribution in [-0.4, -0.2) is 23.5 Å². The van der Waals surface area contributed by atoms with Gasteiger partial charge in [0.25, 0.3) is 5.91 Å². The van der Waals surface area contributed by atoms with Crippen molar-refractivity contribution in [2.24, 2.45) is 0 Å². The fraction of sp³-hybridized carbons (Fsp3) is 0.579. The molecule has 0 radical (unpaired) electrons. The van der Waals surface area contributed by atoms with Crippen LogP contribution in [0.25, 0.3) is 0 Å². The molecule has 0 saturated carbocycles. The summed E-state index contributed by atoms with van der Waals surface area (Å²) in [6, 6.07) is 7.61. The Hall–Kier alpha value is -1.84. The van der Waals surface area contributed by atoms with Crippen LogP contribution < -0.4 is 5.32 Å². The van der Waals surface area contributed by atoms with E-state index in [1.54, 1.807) is 0 Å². The van der Waals surface area contributed by atoms with Gasteiger partial charge < -0.3 is 10.4 Å². The van der Waals surface area contributed by atoms with Crippen LogP contribution >= 0.6 is 0 Å². The van der Waals surface area contributed by atoms with E-state index in [-0.39, 0.29) is 5.91 Å². The van der Waals surface area contributed by atoms with Crippen LogP contribution in [0.5, 0.6) is 0 Å². The molecule has 1 rings (SSSR count). The van der Waals surface area contributed by atoms with E-state index in [4.69, 9.17) is 5.11 Å². The van der Waals surface area contributed by atoms with Gasteiger partial charge in [-0.1, -0.05) is 56.2 Å². The number of amides is 1. The molecule has 0 aliphatic heterocycles. The van der Waals surface area contributed by atoms with Crippen molar-refractivity contribution in [3.05, 3.63) is 35.4 Å². The van der Waals surface area contributed by atoms with E-state index in [1.165, 1.54) is 19.3 Å². The van der Waals surface area contributed by atoms with Crippen molar-refractivity contribution in [1.82, 2.24) is 5.32 Å². The zero-order chi connectivity index (χ0) is 16.9. The Bertz CT molecular complexity index is 468. The first-order valence-electron chi connectivity index (χ1n) is 8.66. The number of nitrogens with one attached hydrogen (secondary N) is 1. The maximum absolute atomic E-state index is 11.9. The molecule has 0 spiro atoms. The minimum absolute atomic E-state index is 0.00318. The van der Waals surface area contributed by atoms with Crippen molar-refractivity contribution in [1.29, 1.82) is 0 Å². The zero-order valence-corrected chi connectivity index (χ0v) is 14.1. The highest BCUT2D eigenvalue weighted by molar-refractivity contribution is 5.94.